The van der Waals surface area contributed by atoms with Crippen molar-refractivity contribution in [1.82, 2.24) is 4.98 Å². The quantitative estimate of drug-likeness (QED) is 0.542. The van der Waals surface area contributed by atoms with Crippen molar-refractivity contribution in [1.29, 1.82) is 0 Å². The third-order valence-electron chi connectivity index (χ3n) is 5.58. The topological polar surface area (TPSA) is 12.9 Å². The van der Waals surface area contributed by atoms with Gasteiger partial charge in [-0.15, -0.1) is 0 Å². The van der Waals surface area contributed by atoms with Crippen molar-refractivity contribution in [3.63, 3.8) is 0 Å². The summed E-state index contributed by atoms with van der Waals surface area (Å²) in [7, 11) is -1.40. The lowest BCUT2D eigenvalue weighted by Crippen LogP contribution is -2.38. The van der Waals surface area contributed by atoms with Crippen LogP contribution in [0.3, 0.4) is 0 Å². The van der Waals surface area contributed by atoms with E-state index in [-0.39, 0.29) is 0 Å². The van der Waals surface area contributed by atoms with Crippen LogP contribution in [0.15, 0.2) is 60.3 Å². The molecule has 0 N–H and O–H groups in total. The molecule has 4 rings (SSSR count). The Labute approximate surface area is 151 Å². The standard InChI is InChI=1S/C23H25NSi/c1-15-16(2)23-22-18(11-12-24-23)13-19(25(3,4)5)14-20(22)21(15)17-9-7-6-8-10-17/h6-14,21H,1-5H3. The molecule has 1 nitrogen and oxygen atoms in total. The third kappa shape index (κ3) is 2.56. The maximum Gasteiger partial charge on any atom is 0.0776 e. The summed E-state index contributed by atoms with van der Waals surface area (Å²) in [5.74, 6) is 0.330. The summed E-state index contributed by atoms with van der Waals surface area (Å²) in [6, 6.07) is 18.0. The SMILES string of the molecule is CC1=C(C)C(c2ccccc2)c2cc([Si](C)(C)C)cc3ccnc1c23. The van der Waals surface area contributed by atoms with Crippen LogP contribution >= 0.6 is 0 Å². The zero-order valence-corrected chi connectivity index (χ0v) is 16.7. The number of hydrogen-bond acceptors (Lipinski definition) is 1. The zero-order chi connectivity index (χ0) is 17.8. The fraction of sp³-hybridized carbons (Fsp3) is 0.261. The normalized spacial score (nSPS) is 17.2. The highest BCUT2D eigenvalue weighted by molar-refractivity contribution is 6.88. The molecule has 0 saturated heterocycles. The lowest BCUT2D eigenvalue weighted by atomic mass is 9.76. The molecule has 1 unspecified atom stereocenters. The summed E-state index contributed by atoms with van der Waals surface area (Å²) in [5, 5.41) is 4.22. The average Bonchev–Trinajstić information content (AvgIpc) is 2.59. The van der Waals surface area contributed by atoms with Gasteiger partial charge in [0.25, 0.3) is 0 Å². The van der Waals surface area contributed by atoms with E-state index in [9.17, 15) is 0 Å². The fourth-order valence-electron chi connectivity index (χ4n) is 4.01. The van der Waals surface area contributed by atoms with Crippen LogP contribution in [-0.4, -0.2) is 13.1 Å². The van der Waals surface area contributed by atoms with E-state index in [0.717, 1.165) is 0 Å². The smallest absolute Gasteiger partial charge is 0.0776 e. The van der Waals surface area contributed by atoms with Gasteiger partial charge in [-0.1, -0.05) is 72.9 Å². The summed E-state index contributed by atoms with van der Waals surface area (Å²) in [5.41, 5.74) is 6.73. The van der Waals surface area contributed by atoms with Gasteiger partial charge in [0, 0.05) is 17.5 Å². The summed E-state index contributed by atoms with van der Waals surface area (Å²) in [6.07, 6.45) is 1.97. The van der Waals surface area contributed by atoms with Gasteiger partial charge in [0.05, 0.1) is 13.8 Å². The van der Waals surface area contributed by atoms with Gasteiger partial charge in [-0.25, -0.2) is 0 Å². The largest absolute Gasteiger partial charge is 0.256 e. The first-order valence-electron chi connectivity index (χ1n) is 9.04. The number of nitrogens with zero attached hydrogens (tertiary/aromatic N) is 1. The predicted octanol–water partition coefficient (Wildman–Crippen LogP) is 5.72. The lowest BCUT2D eigenvalue weighted by molar-refractivity contribution is 0.943. The van der Waals surface area contributed by atoms with Crippen LogP contribution in [0.1, 0.15) is 36.6 Å². The second kappa shape index (κ2) is 5.67. The van der Waals surface area contributed by atoms with Crippen molar-refractivity contribution in [2.24, 2.45) is 0 Å². The van der Waals surface area contributed by atoms with E-state index in [1.165, 1.54) is 43.9 Å². The lowest BCUT2D eigenvalue weighted by Gasteiger charge is -2.30. The molecule has 0 amide bonds. The van der Waals surface area contributed by atoms with Gasteiger partial charge >= 0.3 is 0 Å². The molecule has 0 saturated carbocycles. The Morgan fingerprint density at radius 3 is 2.32 bits per heavy atom. The van der Waals surface area contributed by atoms with E-state index >= 15 is 0 Å². The molecule has 1 aliphatic carbocycles. The Kier molecular flexibility index (Phi) is 3.69. The monoisotopic (exact) mass is 343 g/mol. The van der Waals surface area contributed by atoms with E-state index < -0.39 is 8.07 Å². The van der Waals surface area contributed by atoms with Gasteiger partial charge in [-0.3, -0.25) is 4.98 Å². The number of rotatable bonds is 2. The highest BCUT2D eigenvalue weighted by atomic mass is 28.3. The number of pyridine rings is 1. The van der Waals surface area contributed by atoms with Crippen LogP contribution in [0.4, 0.5) is 0 Å². The second-order valence-corrected chi connectivity index (χ2v) is 13.3. The number of benzene rings is 2. The molecule has 0 radical (unpaired) electrons. The minimum atomic E-state index is -1.40. The first-order valence-corrected chi connectivity index (χ1v) is 12.5. The number of allylic oxidation sites excluding steroid dienone is 2. The number of aromatic nitrogens is 1. The zero-order valence-electron chi connectivity index (χ0n) is 15.7. The Morgan fingerprint density at radius 1 is 0.920 bits per heavy atom. The molecule has 0 aliphatic heterocycles. The Bertz CT molecular complexity index is 994. The average molecular weight is 344 g/mol. The fourth-order valence-corrected chi connectivity index (χ4v) is 5.18. The van der Waals surface area contributed by atoms with Crippen molar-refractivity contribution in [2.45, 2.75) is 39.4 Å². The molecule has 0 fully saturated rings. The molecule has 1 atom stereocenters. The molecule has 1 aromatic heterocycles. The van der Waals surface area contributed by atoms with Gasteiger partial charge in [0.2, 0.25) is 0 Å². The van der Waals surface area contributed by atoms with Gasteiger partial charge < -0.3 is 0 Å². The van der Waals surface area contributed by atoms with E-state index in [1.54, 1.807) is 0 Å². The molecule has 2 aromatic carbocycles. The Morgan fingerprint density at radius 2 is 1.64 bits per heavy atom. The molecule has 1 heterocycles. The molecule has 2 heteroatoms. The minimum absolute atomic E-state index is 0.330. The molecular formula is C23H25NSi. The van der Waals surface area contributed by atoms with Gasteiger partial charge in [0.1, 0.15) is 0 Å². The van der Waals surface area contributed by atoms with Gasteiger partial charge in [0.15, 0.2) is 0 Å². The summed E-state index contributed by atoms with van der Waals surface area (Å²) >= 11 is 0. The summed E-state index contributed by atoms with van der Waals surface area (Å²) in [6.45, 7) is 11.8. The van der Waals surface area contributed by atoms with Crippen LogP contribution in [-0.2, 0) is 0 Å². The van der Waals surface area contributed by atoms with Gasteiger partial charge in [-0.2, -0.15) is 0 Å². The Balaban J connectivity index is 2.10. The summed E-state index contributed by atoms with van der Waals surface area (Å²) in [4.78, 5) is 4.74. The Hall–Kier alpha value is -2.19. The summed E-state index contributed by atoms with van der Waals surface area (Å²) < 4.78 is 0. The van der Waals surface area contributed by atoms with Crippen molar-refractivity contribution >= 4 is 29.6 Å². The van der Waals surface area contributed by atoms with Gasteiger partial charge in [-0.05, 0) is 42.0 Å². The molecule has 0 spiro atoms. The van der Waals surface area contributed by atoms with Crippen LogP contribution in [0.2, 0.25) is 19.6 Å². The van der Waals surface area contributed by atoms with E-state index in [4.69, 9.17) is 4.98 Å². The van der Waals surface area contributed by atoms with Crippen LogP contribution in [0.5, 0.6) is 0 Å². The predicted molar refractivity (Wildman–Crippen MR) is 111 cm³/mol. The molecule has 25 heavy (non-hydrogen) atoms. The maximum atomic E-state index is 4.74. The second-order valence-electron chi connectivity index (χ2n) is 8.22. The van der Waals surface area contributed by atoms with Crippen molar-refractivity contribution in [3.8, 4) is 0 Å². The molecule has 3 aromatic rings. The van der Waals surface area contributed by atoms with Crippen molar-refractivity contribution in [2.75, 3.05) is 0 Å². The van der Waals surface area contributed by atoms with Crippen LogP contribution < -0.4 is 5.19 Å². The first kappa shape index (κ1) is 16.3. The van der Waals surface area contributed by atoms with Crippen LogP contribution in [0.25, 0.3) is 16.3 Å². The van der Waals surface area contributed by atoms with E-state index in [0.29, 0.717) is 5.92 Å². The third-order valence-corrected chi connectivity index (χ3v) is 7.60. The van der Waals surface area contributed by atoms with Crippen LogP contribution in [0, 0.1) is 0 Å². The van der Waals surface area contributed by atoms with Crippen molar-refractivity contribution < 1.29 is 0 Å². The maximum absolute atomic E-state index is 4.74. The van der Waals surface area contributed by atoms with E-state index in [1.807, 2.05) is 6.20 Å². The van der Waals surface area contributed by atoms with E-state index in [2.05, 4.69) is 82.0 Å². The number of hydrogen-bond donors (Lipinski definition) is 0. The first-order chi connectivity index (χ1) is 11.9. The minimum Gasteiger partial charge on any atom is -0.256 e. The molecule has 0 bridgehead atoms. The highest BCUT2D eigenvalue weighted by Crippen LogP contribution is 2.44. The van der Waals surface area contributed by atoms with Crippen molar-refractivity contribution in [3.05, 3.63) is 77.1 Å². The molecular weight excluding hydrogens is 318 g/mol. The molecule has 1 aliphatic rings. The molecule has 126 valence electrons. The highest BCUT2D eigenvalue weighted by Gasteiger charge is 2.29.